The van der Waals surface area contributed by atoms with E-state index in [2.05, 4.69) is 27.7 Å². The third-order valence-corrected chi connectivity index (χ3v) is 5.87. The van der Waals surface area contributed by atoms with Crippen molar-refractivity contribution in [3.05, 3.63) is 47.4 Å². The number of carbonyl (C=O) groups excluding carboxylic acids is 1. The summed E-state index contributed by atoms with van der Waals surface area (Å²) in [7, 11) is 1.98. The topological polar surface area (TPSA) is 51.0 Å². The quantitative estimate of drug-likeness (QED) is 0.736. The highest BCUT2D eigenvalue weighted by molar-refractivity contribution is 7.17. The SMILES string of the molecule is Cn1cnnc1C1CCN(C(=O)Cc2csc3ccccc23)CC1. The van der Waals surface area contributed by atoms with E-state index in [9.17, 15) is 4.79 Å². The van der Waals surface area contributed by atoms with E-state index in [0.717, 1.165) is 37.3 Å². The Morgan fingerprint density at radius 3 is 2.83 bits per heavy atom. The van der Waals surface area contributed by atoms with Crippen molar-refractivity contribution in [2.24, 2.45) is 7.05 Å². The number of thiophene rings is 1. The summed E-state index contributed by atoms with van der Waals surface area (Å²) in [5.41, 5.74) is 1.15. The van der Waals surface area contributed by atoms with Crippen molar-refractivity contribution in [3.8, 4) is 0 Å². The number of likely N-dealkylation sites (tertiary alicyclic amines) is 1. The first kappa shape index (κ1) is 15.3. The first-order valence-corrected chi connectivity index (χ1v) is 9.17. The molecule has 3 heterocycles. The number of fused-ring (bicyclic) bond motifs is 1. The zero-order chi connectivity index (χ0) is 16.5. The minimum absolute atomic E-state index is 0.231. The third kappa shape index (κ3) is 2.82. The molecule has 1 aliphatic heterocycles. The van der Waals surface area contributed by atoms with E-state index >= 15 is 0 Å². The van der Waals surface area contributed by atoms with E-state index in [1.807, 2.05) is 28.6 Å². The molecule has 1 fully saturated rings. The van der Waals surface area contributed by atoms with Crippen molar-refractivity contribution in [2.45, 2.75) is 25.2 Å². The second-order valence-corrected chi connectivity index (χ2v) is 7.30. The van der Waals surface area contributed by atoms with Crippen LogP contribution < -0.4 is 0 Å². The van der Waals surface area contributed by atoms with Crippen molar-refractivity contribution in [1.82, 2.24) is 19.7 Å². The molecule has 0 spiro atoms. The van der Waals surface area contributed by atoms with E-state index in [-0.39, 0.29) is 5.91 Å². The summed E-state index contributed by atoms with van der Waals surface area (Å²) in [5.74, 6) is 1.67. The lowest BCUT2D eigenvalue weighted by Crippen LogP contribution is -2.39. The smallest absolute Gasteiger partial charge is 0.227 e. The number of benzene rings is 1. The van der Waals surface area contributed by atoms with Gasteiger partial charge < -0.3 is 9.47 Å². The average Bonchev–Trinajstić information content (AvgIpc) is 3.22. The molecule has 24 heavy (non-hydrogen) atoms. The van der Waals surface area contributed by atoms with Crippen LogP contribution in [0.15, 0.2) is 36.0 Å². The van der Waals surface area contributed by atoms with Gasteiger partial charge in [-0.25, -0.2) is 0 Å². The van der Waals surface area contributed by atoms with Gasteiger partial charge in [-0.1, -0.05) is 18.2 Å². The molecular weight excluding hydrogens is 320 g/mol. The van der Waals surface area contributed by atoms with Gasteiger partial charge in [0.05, 0.1) is 6.42 Å². The van der Waals surface area contributed by atoms with Gasteiger partial charge in [0.2, 0.25) is 5.91 Å². The Bertz CT molecular complexity index is 861. The zero-order valence-electron chi connectivity index (χ0n) is 13.7. The maximum atomic E-state index is 12.7. The maximum Gasteiger partial charge on any atom is 0.227 e. The predicted octanol–water partition coefficient (Wildman–Crippen LogP) is 2.98. The molecule has 6 heteroatoms. The Labute approximate surface area is 144 Å². The molecule has 2 aromatic heterocycles. The molecule has 0 bridgehead atoms. The van der Waals surface area contributed by atoms with Crippen LogP contribution in [0.5, 0.6) is 0 Å². The molecule has 0 atom stereocenters. The lowest BCUT2D eigenvalue weighted by atomic mass is 9.95. The molecule has 0 saturated carbocycles. The Morgan fingerprint density at radius 2 is 2.08 bits per heavy atom. The minimum atomic E-state index is 0.231. The molecule has 3 aromatic rings. The van der Waals surface area contributed by atoms with Gasteiger partial charge in [-0.2, -0.15) is 0 Å². The normalized spacial score (nSPS) is 16.0. The Kier molecular flexibility index (Phi) is 4.06. The van der Waals surface area contributed by atoms with Crippen LogP contribution in [-0.2, 0) is 18.3 Å². The Hall–Kier alpha value is -2.21. The van der Waals surface area contributed by atoms with Gasteiger partial charge in [-0.3, -0.25) is 4.79 Å². The molecule has 0 aliphatic carbocycles. The van der Waals surface area contributed by atoms with Gasteiger partial charge in [-0.05, 0) is 35.2 Å². The summed E-state index contributed by atoms with van der Waals surface area (Å²) >= 11 is 1.71. The summed E-state index contributed by atoms with van der Waals surface area (Å²) in [5, 5.41) is 11.5. The van der Waals surface area contributed by atoms with E-state index in [4.69, 9.17) is 0 Å². The number of aromatic nitrogens is 3. The number of hydrogen-bond acceptors (Lipinski definition) is 4. The first-order valence-electron chi connectivity index (χ1n) is 8.29. The largest absolute Gasteiger partial charge is 0.342 e. The summed E-state index contributed by atoms with van der Waals surface area (Å²) in [6, 6.07) is 8.30. The molecule has 0 N–H and O–H groups in total. The van der Waals surface area contributed by atoms with Crippen LogP contribution in [0.1, 0.15) is 30.1 Å². The van der Waals surface area contributed by atoms with Crippen molar-refractivity contribution in [1.29, 1.82) is 0 Å². The third-order valence-electron chi connectivity index (χ3n) is 4.86. The fourth-order valence-corrected chi connectivity index (χ4v) is 4.46. The number of hydrogen-bond donors (Lipinski definition) is 0. The van der Waals surface area contributed by atoms with Crippen LogP contribution in [0.4, 0.5) is 0 Å². The molecule has 0 radical (unpaired) electrons. The molecule has 4 rings (SSSR count). The van der Waals surface area contributed by atoms with Gasteiger partial charge in [0.1, 0.15) is 12.2 Å². The van der Waals surface area contributed by atoms with Gasteiger partial charge in [-0.15, -0.1) is 21.5 Å². The van der Waals surface area contributed by atoms with Crippen molar-refractivity contribution >= 4 is 27.3 Å². The summed E-state index contributed by atoms with van der Waals surface area (Å²) in [6.45, 7) is 1.61. The Morgan fingerprint density at radius 1 is 1.29 bits per heavy atom. The van der Waals surface area contributed by atoms with E-state index in [1.54, 1.807) is 17.7 Å². The highest BCUT2D eigenvalue weighted by atomic mass is 32.1. The molecule has 0 unspecified atom stereocenters. The minimum Gasteiger partial charge on any atom is -0.342 e. The summed E-state index contributed by atoms with van der Waals surface area (Å²) < 4.78 is 3.24. The van der Waals surface area contributed by atoms with Crippen LogP contribution in [-0.4, -0.2) is 38.7 Å². The van der Waals surface area contributed by atoms with Crippen molar-refractivity contribution < 1.29 is 4.79 Å². The molecule has 1 aliphatic rings. The van der Waals surface area contributed by atoms with E-state index in [1.165, 1.54) is 10.1 Å². The second-order valence-electron chi connectivity index (χ2n) is 6.39. The number of rotatable bonds is 3. The standard InChI is InChI=1S/C18H20N4OS/c1-21-12-19-20-18(21)13-6-8-22(9-7-13)17(23)10-14-11-24-16-5-3-2-4-15(14)16/h2-5,11-13H,6-10H2,1H3. The molecule has 1 aromatic carbocycles. The molecule has 1 saturated heterocycles. The van der Waals surface area contributed by atoms with Crippen molar-refractivity contribution in [2.75, 3.05) is 13.1 Å². The second kappa shape index (κ2) is 6.36. The van der Waals surface area contributed by atoms with Gasteiger partial charge in [0, 0.05) is 30.8 Å². The van der Waals surface area contributed by atoms with E-state index in [0.29, 0.717) is 12.3 Å². The average molecular weight is 340 g/mol. The zero-order valence-corrected chi connectivity index (χ0v) is 14.5. The Balaban J connectivity index is 1.40. The lowest BCUT2D eigenvalue weighted by molar-refractivity contribution is -0.131. The lowest BCUT2D eigenvalue weighted by Gasteiger charge is -2.31. The number of aryl methyl sites for hydroxylation is 1. The fourth-order valence-electron chi connectivity index (χ4n) is 3.49. The van der Waals surface area contributed by atoms with Crippen LogP contribution in [0.2, 0.25) is 0 Å². The predicted molar refractivity (Wildman–Crippen MR) is 95.1 cm³/mol. The van der Waals surface area contributed by atoms with Gasteiger partial charge in [0.25, 0.3) is 0 Å². The van der Waals surface area contributed by atoms with Gasteiger partial charge >= 0.3 is 0 Å². The number of amides is 1. The fraction of sp³-hybridized carbons (Fsp3) is 0.389. The summed E-state index contributed by atoms with van der Waals surface area (Å²) in [4.78, 5) is 14.7. The van der Waals surface area contributed by atoms with Crippen LogP contribution >= 0.6 is 11.3 Å². The number of carbonyl (C=O) groups is 1. The van der Waals surface area contributed by atoms with Crippen LogP contribution in [0.3, 0.4) is 0 Å². The maximum absolute atomic E-state index is 12.7. The van der Waals surface area contributed by atoms with Gasteiger partial charge in [0.15, 0.2) is 0 Å². The van der Waals surface area contributed by atoms with Crippen LogP contribution in [0.25, 0.3) is 10.1 Å². The highest BCUT2D eigenvalue weighted by Crippen LogP contribution is 2.29. The summed E-state index contributed by atoms with van der Waals surface area (Å²) in [6.07, 6.45) is 4.17. The van der Waals surface area contributed by atoms with Crippen molar-refractivity contribution in [3.63, 3.8) is 0 Å². The molecule has 124 valence electrons. The van der Waals surface area contributed by atoms with Crippen LogP contribution in [0, 0.1) is 0 Å². The number of nitrogens with zero attached hydrogens (tertiary/aromatic N) is 4. The first-order chi connectivity index (χ1) is 11.7. The molecule has 1 amide bonds. The number of piperidine rings is 1. The monoisotopic (exact) mass is 340 g/mol. The highest BCUT2D eigenvalue weighted by Gasteiger charge is 2.26. The molecular formula is C18H20N4OS. The van der Waals surface area contributed by atoms with E-state index < -0.39 is 0 Å². The molecule has 5 nitrogen and oxygen atoms in total.